The van der Waals surface area contributed by atoms with Crippen LogP contribution in [0.5, 0.6) is 0 Å². The van der Waals surface area contributed by atoms with Crippen molar-refractivity contribution in [1.82, 2.24) is 14.8 Å². The van der Waals surface area contributed by atoms with Crippen LogP contribution in [0.2, 0.25) is 0 Å². The molecule has 1 N–H and O–H groups in total. The summed E-state index contributed by atoms with van der Waals surface area (Å²) in [6.45, 7) is 3.65. The zero-order valence-corrected chi connectivity index (χ0v) is 19.9. The Bertz CT molecular complexity index is 1580. The Kier molecular flexibility index (Phi) is 5.63. The second-order valence-corrected chi connectivity index (χ2v) is 11.0. The van der Waals surface area contributed by atoms with Crippen molar-refractivity contribution in [1.29, 1.82) is 0 Å². The summed E-state index contributed by atoms with van der Waals surface area (Å²) in [7, 11) is -3.19. The molecule has 4 aromatic rings. The number of halogens is 2. The predicted octanol–water partition coefficient (Wildman–Crippen LogP) is 4.61. The maximum absolute atomic E-state index is 14.2. The van der Waals surface area contributed by atoms with E-state index in [0.29, 0.717) is 28.8 Å². The normalized spacial score (nSPS) is 17.1. The van der Waals surface area contributed by atoms with Crippen LogP contribution in [0.3, 0.4) is 0 Å². The molecule has 0 spiro atoms. The van der Waals surface area contributed by atoms with E-state index in [1.54, 1.807) is 17.7 Å². The van der Waals surface area contributed by atoms with Crippen LogP contribution in [0.4, 0.5) is 14.5 Å². The first-order valence-electron chi connectivity index (χ1n) is 11.0. The van der Waals surface area contributed by atoms with Crippen LogP contribution in [-0.2, 0) is 9.84 Å². The molecule has 3 heterocycles. The molecule has 0 saturated carbocycles. The zero-order chi connectivity index (χ0) is 24.9. The van der Waals surface area contributed by atoms with Crippen LogP contribution in [-0.4, -0.2) is 40.6 Å². The third kappa shape index (κ3) is 4.41. The van der Waals surface area contributed by atoms with Gasteiger partial charge < -0.3 is 5.32 Å². The van der Waals surface area contributed by atoms with Gasteiger partial charge in [0.15, 0.2) is 15.5 Å². The minimum absolute atomic E-state index is 0.0575. The van der Waals surface area contributed by atoms with Crippen molar-refractivity contribution < 1.29 is 22.0 Å². The molecular formula is C25H22F2N4O3S. The number of hydrogen-bond acceptors (Lipinski definition) is 5. The Balaban J connectivity index is 1.69. The summed E-state index contributed by atoms with van der Waals surface area (Å²) in [5, 5.41) is 7.43. The van der Waals surface area contributed by atoms with Gasteiger partial charge in [0.25, 0.3) is 5.91 Å². The van der Waals surface area contributed by atoms with E-state index in [-0.39, 0.29) is 22.8 Å². The van der Waals surface area contributed by atoms with Gasteiger partial charge in [0.1, 0.15) is 11.6 Å². The highest BCUT2D eigenvalue weighted by Gasteiger charge is 2.32. The fourth-order valence-electron chi connectivity index (χ4n) is 4.37. The van der Waals surface area contributed by atoms with E-state index in [1.165, 1.54) is 0 Å². The SMILES string of the molecule is Cc1ccc(-c2cc(C(=O)Nc3cc(F)ccc3F)c3c(C)nn([C@H]4CCS(=O)(=O)C4)c3n2)cc1. The van der Waals surface area contributed by atoms with E-state index < -0.39 is 33.4 Å². The van der Waals surface area contributed by atoms with Crippen molar-refractivity contribution in [2.24, 2.45) is 0 Å². The van der Waals surface area contributed by atoms with E-state index in [1.807, 2.05) is 31.2 Å². The van der Waals surface area contributed by atoms with Crippen LogP contribution in [0.15, 0.2) is 48.5 Å². The number of hydrogen-bond donors (Lipinski definition) is 1. The molecule has 1 aliphatic rings. The lowest BCUT2D eigenvalue weighted by Crippen LogP contribution is -2.15. The molecule has 1 saturated heterocycles. The van der Waals surface area contributed by atoms with Crippen molar-refractivity contribution in [2.45, 2.75) is 26.3 Å². The average molecular weight is 497 g/mol. The molecule has 180 valence electrons. The van der Waals surface area contributed by atoms with Gasteiger partial charge in [-0.25, -0.2) is 26.9 Å². The van der Waals surface area contributed by atoms with Gasteiger partial charge in [-0.2, -0.15) is 5.10 Å². The molecule has 0 bridgehead atoms. The molecule has 7 nitrogen and oxygen atoms in total. The maximum Gasteiger partial charge on any atom is 0.256 e. The number of fused-ring (bicyclic) bond motifs is 1. The van der Waals surface area contributed by atoms with Crippen LogP contribution in [0, 0.1) is 25.5 Å². The van der Waals surface area contributed by atoms with Crippen LogP contribution >= 0.6 is 0 Å². The van der Waals surface area contributed by atoms with Crippen molar-refractivity contribution >= 4 is 32.5 Å². The van der Waals surface area contributed by atoms with Crippen LogP contribution in [0.1, 0.15) is 34.1 Å². The third-order valence-electron chi connectivity index (χ3n) is 6.16. The van der Waals surface area contributed by atoms with Gasteiger partial charge in [0, 0.05) is 11.6 Å². The minimum atomic E-state index is -3.19. The number of nitrogens with one attached hydrogen (secondary N) is 1. The van der Waals surface area contributed by atoms with Gasteiger partial charge in [-0.1, -0.05) is 29.8 Å². The maximum atomic E-state index is 14.2. The van der Waals surface area contributed by atoms with Gasteiger partial charge in [-0.05, 0) is 38.5 Å². The summed E-state index contributed by atoms with van der Waals surface area (Å²) >= 11 is 0. The number of rotatable bonds is 4. The number of amides is 1. The molecule has 35 heavy (non-hydrogen) atoms. The number of sulfone groups is 1. The zero-order valence-electron chi connectivity index (χ0n) is 19.0. The number of nitrogens with zero attached hydrogens (tertiary/aromatic N) is 3. The molecular weight excluding hydrogens is 474 g/mol. The molecule has 1 fully saturated rings. The second-order valence-electron chi connectivity index (χ2n) is 8.78. The highest BCUT2D eigenvalue weighted by molar-refractivity contribution is 7.91. The first-order valence-corrected chi connectivity index (χ1v) is 12.9. The lowest BCUT2D eigenvalue weighted by Gasteiger charge is -2.13. The summed E-state index contributed by atoms with van der Waals surface area (Å²) in [6, 6.07) is 11.5. The van der Waals surface area contributed by atoms with Gasteiger partial charge >= 0.3 is 0 Å². The molecule has 2 aromatic heterocycles. The van der Waals surface area contributed by atoms with Crippen molar-refractivity contribution in [3.8, 4) is 11.3 Å². The van der Waals surface area contributed by atoms with E-state index in [9.17, 15) is 22.0 Å². The Hall–Kier alpha value is -3.66. The Morgan fingerprint density at radius 3 is 2.51 bits per heavy atom. The lowest BCUT2D eigenvalue weighted by molar-refractivity contribution is 0.102. The third-order valence-corrected chi connectivity index (χ3v) is 7.91. The highest BCUT2D eigenvalue weighted by Crippen LogP contribution is 2.32. The van der Waals surface area contributed by atoms with Crippen molar-refractivity contribution in [3.05, 3.63) is 77.0 Å². The summed E-state index contributed by atoms with van der Waals surface area (Å²) < 4.78 is 53.7. The average Bonchev–Trinajstić information content (AvgIpc) is 3.35. The number of carbonyl (C=O) groups excluding carboxylic acids is 1. The number of aromatic nitrogens is 3. The molecule has 0 unspecified atom stereocenters. The summed E-state index contributed by atoms with van der Waals surface area (Å²) in [6.07, 6.45) is 0.394. The van der Waals surface area contributed by atoms with Gasteiger partial charge in [0.05, 0.1) is 45.6 Å². The van der Waals surface area contributed by atoms with E-state index in [0.717, 1.165) is 29.3 Å². The molecule has 10 heteroatoms. The predicted molar refractivity (Wildman–Crippen MR) is 129 cm³/mol. The summed E-state index contributed by atoms with van der Waals surface area (Å²) in [5.74, 6) is -2.12. The van der Waals surface area contributed by atoms with Gasteiger partial charge in [0.2, 0.25) is 0 Å². The van der Waals surface area contributed by atoms with E-state index >= 15 is 0 Å². The van der Waals surface area contributed by atoms with Gasteiger partial charge in [-0.3, -0.25) is 4.79 Å². The van der Waals surface area contributed by atoms with Crippen LogP contribution < -0.4 is 5.32 Å². The molecule has 1 atom stereocenters. The number of aryl methyl sites for hydroxylation is 2. The fraction of sp³-hybridized carbons (Fsp3) is 0.240. The number of pyridine rings is 1. The molecule has 0 aliphatic carbocycles. The first-order chi connectivity index (χ1) is 16.6. The molecule has 2 aromatic carbocycles. The Morgan fingerprint density at radius 2 is 1.83 bits per heavy atom. The largest absolute Gasteiger partial charge is 0.319 e. The second kappa shape index (κ2) is 8.53. The summed E-state index contributed by atoms with van der Waals surface area (Å²) in [4.78, 5) is 18.1. The molecule has 1 aliphatic heterocycles. The van der Waals surface area contributed by atoms with E-state index in [4.69, 9.17) is 4.98 Å². The van der Waals surface area contributed by atoms with Crippen LogP contribution in [0.25, 0.3) is 22.3 Å². The van der Waals surface area contributed by atoms with Gasteiger partial charge in [-0.15, -0.1) is 0 Å². The highest BCUT2D eigenvalue weighted by atomic mass is 32.2. The minimum Gasteiger partial charge on any atom is -0.319 e. The summed E-state index contributed by atoms with van der Waals surface area (Å²) in [5.41, 5.74) is 3.01. The first kappa shape index (κ1) is 23.1. The topological polar surface area (TPSA) is 94.0 Å². The monoisotopic (exact) mass is 496 g/mol. The Morgan fingerprint density at radius 1 is 1.09 bits per heavy atom. The smallest absolute Gasteiger partial charge is 0.256 e. The van der Waals surface area contributed by atoms with Crippen molar-refractivity contribution in [2.75, 3.05) is 16.8 Å². The van der Waals surface area contributed by atoms with E-state index in [2.05, 4.69) is 10.4 Å². The number of benzene rings is 2. The number of anilines is 1. The molecule has 0 radical (unpaired) electrons. The Labute approximate surface area is 200 Å². The standard InChI is InChI=1S/C25H22F2N4O3S/c1-14-3-5-16(6-4-14)21-12-19(25(32)29-22-11-17(26)7-8-20(22)27)23-15(2)30-31(24(23)28-21)18-9-10-35(33,34)13-18/h3-8,11-12,18H,9-10,13H2,1-2H3,(H,29,32)/t18-/m0/s1. The quantitative estimate of drug-likeness (QED) is 0.446. The fourth-order valence-corrected chi connectivity index (χ4v) is 6.06. The molecule has 1 amide bonds. The number of carbonyl (C=O) groups is 1. The lowest BCUT2D eigenvalue weighted by atomic mass is 10.0. The van der Waals surface area contributed by atoms with Crippen molar-refractivity contribution in [3.63, 3.8) is 0 Å². The molecule has 5 rings (SSSR count).